The van der Waals surface area contributed by atoms with Crippen molar-refractivity contribution in [1.82, 2.24) is 5.32 Å². The molecule has 2 unspecified atom stereocenters. The minimum atomic E-state index is -0.868. The summed E-state index contributed by atoms with van der Waals surface area (Å²) in [5.41, 5.74) is -0.0694. The van der Waals surface area contributed by atoms with Crippen molar-refractivity contribution < 1.29 is 9.84 Å². The van der Waals surface area contributed by atoms with Gasteiger partial charge in [-0.05, 0) is 31.0 Å². The first-order valence-corrected chi connectivity index (χ1v) is 7.20. The third kappa shape index (κ3) is 4.33. The van der Waals surface area contributed by atoms with E-state index in [1.54, 1.807) is 18.2 Å². The second kappa shape index (κ2) is 6.42. The van der Waals surface area contributed by atoms with Crippen LogP contribution in [0.3, 0.4) is 0 Å². The molecule has 2 atom stereocenters. The summed E-state index contributed by atoms with van der Waals surface area (Å²) in [5.74, 6) is 0. The standard InChI is InChI=1S/C14H19Cl2NO2/c1-14(18,7-10-9-19-6-5-17-10)8-11-12(15)3-2-4-13(11)16/h2-4,10,17-18H,5-9H2,1H3. The van der Waals surface area contributed by atoms with E-state index in [1.807, 2.05) is 6.92 Å². The quantitative estimate of drug-likeness (QED) is 0.898. The topological polar surface area (TPSA) is 41.5 Å². The van der Waals surface area contributed by atoms with Crippen molar-refractivity contribution in [3.8, 4) is 0 Å². The maximum absolute atomic E-state index is 10.6. The summed E-state index contributed by atoms with van der Waals surface area (Å²) in [4.78, 5) is 0. The van der Waals surface area contributed by atoms with Crippen molar-refractivity contribution in [2.24, 2.45) is 0 Å². The van der Waals surface area contributed by atoms with Crippen LogP contribution in [0, 0.1) is 0 Å². The van der Waals surface area contributed by atoms with Gasteiger partial charge in [-0.15, -0.1) is 0 Å². The van der Waals surface area contributed by atoms with E-state index < -0.39 is 5.60 Å². The van der Waals surface area contributed by atoms with Crippen molar-refractivity contribution >= 4 is 23.2 Å². The average molecular weight is 304 g/mol. The van der Waals surface area contributed by atoms with Gasteiger partial charge in [0.15, 0.2) is 0 Å². The lowest BCUT2D eigenvalue weighted by Gasteiger charge is -2.32. The molecule has 0 amide bonds. The number of ether oxygens (including phenoxy) is 1. The molecule has 0 radical (unpaired) electrons. The van der Waals surface area contributed by atoms with Gasteiger partial charge in [-0.1, -0.05) is 29.3 Å². The van der Waals surface area contributed by atoms with Gasteiger partial charge in [0.2, 0.25) is 0 Å². The van der Waals surface area contributed by atoms with Crippen molar-refractivity contribution in [2.75, 3.05) is 19.8 Å². The molecule has 0 aromatic heterocycles. The zero-order valence-electron chi connectivity index (χ0n) is 11.0. The summed E-state index contributed by atoms with van der Waals surface area (Å²) in [7, 11) is 0. The monoisotopic (exact) mass is 303 g/mol. The molecule has 2 rings (SSSR count). The van der Waals surface area contributed by atoms with E-state index >= 15 is 0 Å². The highest BCUT2D eigenvalue weighted by Gasteiger charge is 2.28. The van der Waals surface area contributed by atoms with E-state index in [9.17, 15) is 5.11 Å². The van der Waals surface area contributed by atoms with Gasteiger partial charge in [0.1, 0.15) is 0 Å². The fourth-order valence-corrected chi connectivity index (χ4v) is 2.97. The smallest absolute Gasteiger partial charge is 0.0676 e. The normalized spacial score (nSPS) is 23.1. The van der Waals surface area contributed by atoms with Gasteiger partial charge in [0, 0.05) is 29.1 Å². The van der Waals surface area contributed by atoms with E-state index in [4.69, 9.17) is 27.9 Å². The summed E-state index contributed by atoms with van der Waals surface area (Å²) in [6, 6.07) is 5.56. The predicted molar refractivity (Wildman–Crippen MR) is 78.0 cm³/mol. The summed E-state index contributed by atoms with van der Waals surface area (Å²) >= 11 is 12.3. The molecule has 1 fully saturated rings. The van der Waals surface area contributed by atoms with Gasteiger partial charge in [0.05, 0.1) is 18.8 Å². The molecule has 0 bridgehead atoms. The van der Waals surface area contributed by atoms with Gasteiger partial charge in [-0.25, -0.2) is 0 Å². The number of hydrogen-bond donors (Lipinski definition) is 2. The van der Waals surface area contributed by atoms with Gasteiger partial charge in [0.25, 0.3) is 0 Å². The zero-order chi connectivity index (χ0) is 13.9. The maximum atomic E-state index is 10.6. The van der Waals surface area contributed by atoms with Gasteiger partial charge in [-0.3, -0.25) is 0 Å². The number of aliphatic hydroxyl groups is 1. The van der Waals surface area contributed by atoms with Crippen molar-refractivity contribution in [2.45, 2.75) is 31.4 Å². The number of hydrogen-bond acceptors (Lipinski definition) is 3. The van der Waals surface area contributed by atoms with Crippen LogP contribution < -0.4 is 5.32 Å². The molecule has 1 aliphatic rings. The highest BCUT2D eigenvalue weighted by molar-refractivity contribution is 6.36. The first-order valence-electron chi connectivity index (χ1n) is 6.44. The summed E-state index contributed by atoms with van der Waals surface area (Å²) in [6.07, 6.45) is 1.04. The molecule has 2 N–H and O–H groups in total. The van der Waals surface area contributed by atoms with Crippen LogP contribution >= 0.6 is 23.2 Å². The average Bonchev–Trinajstić information content (AvgIpc) is 2.35. The molecule has 0 aliphatic carbocycles. The molecule has 1 heterocycles. The maximum Gasteiger partial charge on any atom is 0.0676 e. The molecular formula is C14H19Cl2NO2. The van der Waals surface area contributed by atoms with E-state index in [-0.39, 0.29) is 6.04 Å². The second-order valence-electron chi connectivity index (χ2n) is 5.30. The molecule has 19 heavy (non-hydrogen) atoms. The third-order valence-electron chi connectivity index (χ3n) is 3.30. The molecule has 0 spiro atoms. The van der Waals surface area contributed by atoms with Crippen LogP contribution in [0.25, 0.3) is 0 Å². The molecule has 1 aliphatic heterocycles. The zero-order valence-corrected chi connectivity index (χ0v) is 12.5. The fourth-order valence-electron chi connectivity index (χ4n) is 2.44. The molecule has 1 aromatic carbocycles. The molecule has 106 valence electrons. The van der Waals surface area contributed by atoms with E-state index in [0.717, 1.165) is 18.7 Å². The minimum Gasteiger partial charge on any atom is -0.390 e. The molecule has 3 nitrogen and oxygen atoms in total. The molecule has 1 aromatic rings. The lowest BCUT2D eigenvalue weighted by Crippen LogP contribution is -2.46. The Morgan fingerprint density at radius 2 is 2.11 bits per heavy atom. The number of nitrogens with one attached hydrogen (secondary N) is 1. The first kappa shape index (κ1) is 15.1. The third-order valence-corrected chi connectivity index (χ3v) is 4.01. The van der Waals surface area contributed by atoms with Gasteiger partial charge >= 0.3 is 0 Å². The molecular weight excluding hydrogens is 285 g/mol. The molecule has 5 heteroatoms. The predicted octanol–water partition coefficient (Wildman–Crippen LogP) is 2.67. The SMILES string of the molecule is CC(O)(Cc1c(Cl)cccc1Cl)CC1COCCN1. The van der Waals surface area contributed by atoms with Crippen molar-refractivity contribution in [3.63, 3.8) is 0 Å². The lowest BCUT2D eigenvalue weighted by atomic mass is 9.89. The van der Waals surface area contributed by atoms with Gasteiger partial charge in [-0.2, -0.15) is 0 Å². The Bertz CT molecular complexity index is 411. The Hall–Kier alpha value is -0.320. The van der Waals surface area contributed by atoms with E-state index in [2.05, 4.69) is 5.32 Å². The Labute approximate surface area is 123 Å². The van der Waals surface area contributed by atoms with Crippen LogP contribution in [0.1, 0.15) is 18.9 Å². The van der Waals surface area contributed by atoms with Gasteiger partial charge < -0.3 is 15.2 Å². The fraction of sp³-hybridized carbons (Fsp3) is 0.571. The molecule has 0 saturated carbocycles. The van der Waals surface area contributed by atoms with Crippen LogP contribution in [0.15, 0.2) is 18.2 Å². The van der Waals surface area contributed by atoms with Crippen LogP contribution in [-0.4, -0.2) is 36.5 Å². The van der Waals surface area contributed by atoms with E-state index in [1.165, 1.54) is 0 Å². The highest BCUT2D eigenvalue weighted by Crippen LogP contribution is 2.30. The summed E-state index contributed by atoms with van der Waals surface area (Å²) in [5, 5.41) is 15.1. The number of halogens is 2. The van der Waals surface area contributed by atoms with Crippen molar-refractivity contribution in [3.05, 3.63) is 33.8 Å². The number of benzene rings is 1. The number of morpholine rings is 1. The Morgan fingerprint density at radius 3 is 2.68 bits per heavy atom. The lowest BCUT2D eigenvalue weighted by molar-refractivity contribution is 0.00653. The largest absolute Gasteiger partial charge is 0.390 e. The van der Waals surface area contributed by atoms with Crippen LogP contribution in [0.4, 0.5) is 0 Å². The Kier molecular flexibility index (Phi) is 5.09. The molecule has 1 saturated heterocycles. The van der Waals surface area contributed by atoms with Crippen LogP contribution in [-0.2, 0) is 11.2 Å². The second-order valence-corrected chi connectivity index (χ2v) is 6.12. The Morgan fingerprint density at radius 1 is 1.42 bits per heavy atom. The van der Waals surface area contributed by atoms with Crippen molar-refractivity contribution in [1.29, 1.82) is 0 Å². The first-order chi connectivity index (χ1) is 8.98. The highest BCUT2D eigenvalue weighted by atomic mass is 35.5. The van der Waals surface area contributed by atoms with Crippen LogP contribution in [0.2, 0.25) is 10.0 Å². The number of rotatable bonds is 4. The summed E-state index contributed by atoms with van der Waals surface area (Å²) in [6.45, 7) is 4.00. The van der Waals surface area contributed by atoms with Crippen LogP contribution in [0.5, 0.6) is 0 Å². The minimum absolute atomic E-state index is 0.171. The van der Waals surface area contributed by atoms with E-state index in [0.29, 0.717) is 29.5 Å². The summed E-state index contributed by atoms with van der Waals surface area (Å²) < 4.78 is 5.40. The Balaban J connectivity index is 2.03.